The molecule has 0 amide bonds. The van der Waals surface area contributed by atoms with Crippen molar-refractivity contribution in [2.45, 2.75) is 74.4 Å². The topological polar surface area (TPSA) is 73.8 Å². The zero-order valence-electron chi connectivity index (χ0n) is 29.3. The first-order valence-electron chi connectivity index (χ1n) is 17.5. The average molecular weight is 777 g/mol. The lowest BCUT2D eigenvalue weighted by Gasteiger charge is -2.35. The third kappa shape index (κ3) is 4.92. The highest BCUT2D eigenvalue weighted by Gasteiger charge is 2.38. The van der Waals surface area contributed by atoms with E-state index in [9.17, 15) is 0 Å². The van der Waals surface area contributed by atoms with E-state index in [1.165, 1.54) is 0 Å². The van der Waals surface area contributed by atoms with Gasteiger partial charge >= 0.3 is 0 Å². The SMILES string of the molecule is CC1c2cc3c4c(CS)c2OCOc2c1cc1c(c2CS)OCOc2c(cc5c(c2CS)OCOc2c(cc(c(c2CS)OCO4)C3C)C5C)C1C. The summed E-state index contributed by atoms with van der Waals surface area (Å²) >= 11 is 19.3. The first-order chi connectivity index (χ1) is 25.3. The van der Waals surface area contributed by atoms with E-state index in [-0.39, 0.29) is 50.8 Å². The molecule has 4 heterocycles. The second kappa shape index (κ2) is 13.2. The Hall–Kier alpha value is -3.32. The fourth-order valence-corrected chi connectivity index (χ4v) is 9.92. The van der Waals surface area contributed by atoms with Gasteiger partial charge in [-0.1, -0.05) is 27.7 Å². The van der Waals surface area contributed by atoms with Gasteiger partial charge in [-0.2, -0.15) is 50.5 Å². The Morgan fingerprint density at radius 1 is 0.346 bits per heavy atom. The lowest BCUT2D eigenvalue weighted by molar-refractivity contribution is 0.0961. The van der Waals surface area contributed by atoms with Crippen LogP contribution in [0.5, 0.6) is 46.0 Å². The van der Waals surface area contributed by atoms with Gasteiger partial charge in [0.25, 0.3) is 0 Å². The maximum Gasteiger partial charge on any atom is 0.230 e. The van der Waals surface area contributed by atoms with E-state index >= 15 is 0 Å². The van der Waals surface area contributed by atoms with Gasteiger partial charge in [0.05, 0.1) is 0 Å². The van der Waals surface area contributed by atoms with Crippen LogP contribution in [0.2, 0.25) is 0 Å². The Bertz CT molecular complexity index is 1730. The van der Waals surface area contributed by atoms with E-state index in [0.717, 1.165) is 113 Å². The molecule has 0 aromatic heterocycles. The zero-order valence-corrected chi connectivity index (χ0v) is 32.9. The van der Waals surface area contributed by atoms with E-state index in [0.29, 0.717) is 23.0 Å². The first kappa shape index (κ1) is 34.4. The monoisotopic (exact) mass is 776 g/mol. The lowest BCUT2D eigenvalue weighted by atomic mass is 9.78. The Labute approximate surface area is 325 Å². The van der Waals surface area contributed by atoms with Crippen molar-refractivity contribution in [3.63, 3.8) is 0 Å². The highest BCUT2D eigenvalue weighted by atomic mass is 32.1. The molecule has 0 saturated heterocycles. The lowest BCUT2D eigenvalue weighted by Crippen LogP contribution is -2.24. The summed E-state index contributed by atoms with van der Waals surface area (Å²) in [4.78, 5) is 0. The molecule has 4 aromatic rings. The van der Waals surface area contributed by atoms with Crippen LogP contribution in [0.4, 0.5) is 0 Å². The molecule has 4 aliphatic heterocycles. The molecule has 52 heavy (non-hydrogen) atoms. The Kier molecular flexibility index (Phi) is 8.75. The quantitative estimate of drug-likeness (QED) is 0.153. The van der Waals surface area contributed by atoms with Crippen molar-refractivity contribution in [3.05, 3.63) is 91.0 Å². The van der Waals surface area contributed by atoms with Gasteiger partial charge in [0, 0.05) is 113 Å². The van der Waals surface area contributed by atoms with Crippen molar-refractivity contribution in [1.29, 1.82) is 0 Å². The van der Waals surface area contributed by atoms with Crippen molar-refractivity contribution < 1.29 is 37.9 Å². The predicted octanol–water partition coefficient (Wildman–Crippen LogP) is 9.24. The van der Waals surface area contributed by atoms with Crippen LogP contribution in [-0.4, -0.2) is 27.2 Å². The van der Waals surface area contributed by atoms with E-state index in [1.54, 1.807) is 0 Å². The van der Waals surface area contributed by atoms with Crippen molar-refractivity contribution in [1.82, 2.24) is 0 Å². The average Bonchev–Trinajstić information content (AvgIpc) is 3.14. The first-order valence-corrected chi connectivity index (χ1v) is 20.1. The van der Waals surface area contributed by atoms with Crippen molar-refractivity contribution in [3.8, 4) is 46.0 Å². The molecule has 0 saturated carbocycles. The summed E-state index contributed by atoms with van der Waals surface area (Å²) in [6.45, 7) is 8.76. The van der Waals surface area contributed by atoms with Gasteiger partial charge in [0.1, 0.15) is 46.0 Å². The standard InChI is InChI=1S/C40H40O8S4/c1-17-21-5-23-18(2)25-7-27-20(4)28-8-26-19(3)24-6-22(17)34-30(10-50)36(24)44-15-46-38(26)32(12-52)40(28)48-16-47-39(27)31(11-51)37(25)45-14-43-35(23)29(9-49)33(21)41-13-42-34/h5-8,17-20,49-52H,9-16H2,1-4H3. The van der Waals surface area contributed by atoms with Gasteiger partial charge in [0.15, 0.2) is 0 Å². The van der Waals surface area contributed by atoms with E-state index in [1.807, 2.05) is 0 Å². The Morgan fingerprint density at radius 2 is 0.500 bits per heavy atom. The Morgan fingerprint density at radius 3 is 0.635 bits per heavy atom. The second-order valence-corrected chi connectivity index (χ2v) is 15.2. The van der Waals surface area contributed by atoms with E-state index in [4.69, 9.17) is 88.4 Å². The van der Waals surface area contributed by atoms with Crippen molar-refractivity contribution >= 4 is 50.5 Å². The number of thiol groups is 4. The Balaban J connectivity index is 1.45. The molecule has 0 spiro atoms. The fraction of sp³-hybridized carbons (Fsp3) is 0.400. The van der Waals surface area contributed by atoms with Crippen LogP contribution >= 0.6 is 50.5 Å². The summed E-state index contributed by atoms with van der Waals surface area (Å²) in [5, 5.41) is 0. The molecule has 1 aliphatic carbocycles. The maximum absolute atomic E-state index is 6.50. The molecule has 0 fully saturated rings. The van der Waals surface area contributed by atoms with Gasteiger partial charge in [-0.3, -0.25) is 0 Å². The summed E-state index contributed by atoms with van der Waals surface area (Å²) in [6.07, 6.45) is 0. The number of rotatable bonds is 4. The van der Waals surface area contributed by atoms with Crippen LogP contribution in [0.1, 0.15) is 118 Å². The smallest absolute Gasteiger partial charge is 0.230 e. The summed E-state index contributed by atoms with van der Waals surface area (Å²) < 4.78 is 52.0. The minimum Gasteiger partial charge on any atom is -0.457 e. The summed E-state index contributed by atoms with van der Waals surface area (Å²) in [7, 11) is 0. The highest BCUT2D eigenvalue weighted by Crippen LogP contribution is 2.56. The molecule has 0 N–H and O–H groups in total. The summed E-state index contributed by atoms with van der Waals surface area (Å²) in [6, 6.07) is 8.99. The zero-order chi connectivity index (χ0) is 36.0. The van der Waals surface area contributed by atoms with Gasteiger partial charge in [0.2, 0.25) is 27.2 Å². The van der Waals surface area contributed by atoms with E-state index < -0.39 is 0 Å². The van der Waals surface area contributed by atoms with Gasteiger partial charge in [-0.05, 0) is 24.3 Å². The molecule has 0 atom stereocenters. The highest BCUT2D eigenvalue weighted by molar-refractivity contribution is 7.79. The van der Waals surface area contributed by atoms with Crippen LogP contribution < -0.4 is 37.9 Å². The predicted molar refractivity (Wildman–Crippen MR) is 211 cm³/mol. The molecule has 8 bridgehead atoms. The fourth-order valence-electron chi connectivity index (χ4n) is 8.77. The van der Waals surface area contributed by atoms with Crippen molar-refractivity contribution in [2.24, 2.45) is 0 Å². The second-order valence-electron chi connectivity index (χ2n) is 13.9. The van der Waals surface area contributed by atoms with E-state index in [2.05, 4.69) is 52.0 Å². The van der Waals surface area contributed by atoms with Crippen LogP contribution in [0.3, 0.4) is 0 Å². The van der Waals surface area contributed by atoms with Crippen molar-refractivity contribution in [2.75, 3.05) is 27.2 Å². The minimum atomic E-state index is -0.142. The third-order valence-corrected chi connectivity index (χ3v) is 12.8. The number of hydrogen-bond acceptors (Lipinski definition) is 12. The number of ether oxygens (including phenoxy) is 8. The van der Waals surface area contributed by atoms with Crippen LogP contribution in [0, 0.1) is 0 Å². The molecule has 5 aliphatic rings. The largest absolute Gasteiger partial charge is 0.457 e. The molecule has 9 rings (SSSR count). The van der Waals surface area contributed by atoms with Gasteiger partial charge in [-0.25, -0.2) is 0 Å². The summed E-state index contributed by atoms with van der Waals surface area (Å²) in [5.41, 5.74) is 11.7. The minimum absolute atomic E-state index is 0.0115. The van der Waals surface area contributed by atoms with Gasteiger partial charge < -0.3 is 37.9 Å². The molecule has 0 radical (unpaired) electrons. The van der Waals surface area contributed by atoms with Crippen LogP contribution in [-0.2, 0) is 23.0 Å². The van der Waals surface area contributed by atoms with Crippen LogP contribution in [0.25, 0.3) is 0 Å². The molecular formula is C40H40O8S4. The molecule has 12 heteroatoms. The van der Waals surface area contributed by atoms with Gasteiger partial charge in [-0.15, -0.1) is 0 Å². The molecular weight excluding hydrogens is 737 g/mol. The number of hydrogen-bond donors (Lipinski definition) is 4. The molecule has 272 valence electrons. The summed E-state index contributed by atoms with van der Waals surface area (Å²) in [5.74, 6) is 6.76. The third-order valence-electron chi connectivity index (χ3n) is 11.5. The molecule has 8 nitrogen and oxygen atoms in total. The van der Waals surface area contributed by atoms with Crippen LogP contribution in [0.15, 0.2) is 24.3 Å². The normalized spacial score (nSPS) is 21.5. The molecule has 0 unspecified atom stereocenters. The number of benzene rings is 4. The maximum atomic E-state index is 6.50. The molecule has 4 aromatic carbocycles.